The fourth-order valence-electron chi connectivity index (χ4n) is 0. The average Bonchev–Trinajstić information content (AvgIpc) is 1.54. The molecule has 0 fully saturated rings. The van der Waals surface area contributed by atoms with E-state index in [1.807, 2.05) is 0 Å². The van der Waals surface area contributed by atoms with Gasteiger partial charge in [-0.1, -0.05) is 0 Å². The number of nitrogens with two attached hydrogens (primary N) is 9. The molecule has 0 aliphatic rings. The molecule has 0 radical (unpaired) electrons. The normalized spacial score (nSPS) is 3.43. The topological polar surface area (TPSA) is 233 Å². The first kappa shape index (κ1) is 131. The molecule has 0 heterocycles. The summed E-state index contributed by atoms with van der Waals surface area (Å²) in [5.41, 5.74) is 27.5. The second kappa shape index (κ2) is 111. The molecule has 0 aromatic heterocycles. The van der Waals surface area contributed by atoms with Gasteiger partial charge in [-0.2, -0.15) is 0 Å². The molecule has 9 nitrogen and oxygen atoms in total. The maximum atomic E-state index is 4.58. The Morgan fingerprint density at radius 2 is 0.381 bits per heavy atom. The summed E-state index contributed by atoms with van der Waals surface area (Å²) in [7, 11) is 0. The fourth-order valence-corrected chi connectivity index (χ4v) is 0. The van der Waals surface area contributed by atoms with Crippen molar-refractivity contribution in [2.24, 2.45) is 34.4 Å². The minimum Gasteiger partial charge on any atom is -1.00 e. The van der Waals surface area contributed by atoms with Gasteiger partial charge in [0.2, 0.25) is 0 Å². The summed E-state index contributed by atoms with van der Waals surface area (Å²) in [6.45, 7) is 0. The van der Waals surface area contributed by atoms with E-state index in [0.717, 1.165) is 0 Å². The third-order valence-electron chi connectivity index (χ3n) is 0. The van der Waals surface area contributed by atoms with Gasteiger partial charge in [0.15, 0.2) is 0 Å². The van der Waals surface area contributed by atoms with Crippen molar-refractivity contribution in [2.75, 3.05) is 0 Å². The van der Waals surface area contributed by atoms with Gasteiger partial charge < -0.3 is 32.9 Å². The molecule has 18 heteroatoms. The van der Waals surface area contributed by atoms with E-state index in [9.17, 15) is 0 Å². The van der Waals surface area contributed by atoms with E-state index >= 15 is 0 Å². The summed E-state index contributed by atoms with van der Waals surface area (Å²) in [4.78, 5) is 0. The Hall–Kier alpha value is -2.34. The van der Waals surface area contributed by atoms with E-state index < -0.39 is 0 Å². The van der Waals surface area contributed by atoms with E-state index in [1.54, 1.807) is 0 Å². The van der Waals surface area contributed by atoms with Gasteiger partial charge in [-0.3, -0.25) is 50.6 Å². The van der Waals surface area contributed by atoms with Crippen LogP contribution in [-0.4, -0.2) is 38.1 Å². The van der Waals surface area contributed by atoms with Crippen molar-refractivity contribution in [1.82, 2.24) is 0 Å². The molecule has 0 rings (SSSR count). The Balaban J connectivity index is -0.00000000476. The molecule has 18 N–H and O–H groups in total. The molecule has 0 aromatic carbocycles. The maximum absolute atomic E-state index is 4.58. The van der Waals surface area contributed by atoms with Gasteiger partial charge in [-0.05, 0) is 0 Å². The van der Waals surface area contributed by atoms with Crippen LogP contribution in [0.1, 0.15) is 0 Å². The van der Waals surface area contributed by atoms with Gasteiger partial charge in [0, 0.05) is 0 Å². The first-order valence-corrected chi connectivity index (χ1v) is 2.60. The van der Waals surface area contributed by atoms with Crippen LogP contribution >= 0.6 is 0 Å². The molecule has 0 saturated carbocycles. The Morgan fingerprint density at radius 3 is 0.381 bits per heavy atom. The minimum atomic E-state index is -0.0833. The summed E-state index contributed by atoms with van der Waals surface area (Å²) < 4.78 is 0. The number of hydrogen-bond donors (Lipinski definition) is 9. The van der Waals surface area contributed by atoms with E-state index in [-0.39, 0.29) is 71.1 Å². The van der Waals surface area contributed by atoms with Gasteiger partial charge in [0.1, 0.15) is 0 Å². The zero-order valence-electron chi connectivity index (χ0n) is 10.8. The molecule has 0 unspecified atom stereocenters. The van der Waals surface area contributed by atoms with Crippen LogP contribution in [0.3, 0.4) is 0 Å². The Morgan fingerprint density at radius 1 is 0.381 bits per heavy atom. The Labute approximate surface area is 123 Å². The molecule has 0 atom stereocenters. The molecule has 0 spiro atoms. The Bertz CT molecular complexity index is 135. The fraction of sp³-hybridized carbons (Fsp3) is 0. The summed E-state index contributed by atoms with van der Waals surface area (Å²) in [5, 5.41) is 13.8. The molecule has 128 valence electrons. The van der Waals surface area contributed by atoms with Crippen molar-refractivity contribution < 1.29 is 49.2 Å². The number of guanidine groups is 3. The summed E-state index contributed by atoms with van der Waals surface area (Å²) >= 11 is 0. The second-order valence-electron chi connectivity index (χ2n) is 1.50. The Kier molecular flexibility index (Phi) is 691. The number of hydrogen-bond acceptors (Lipinski definition) is 0. The predicted molar refractivity (Wildman–Crippen MR) is 57.4 cm³/mol. The van der Waals surface area contributed by atoms with Crippen molar-refractivity contribution in [3.8, 4) is 0 Å². The second-order valence-corrected chi connectivity index (χ2v) is 1.50. The monoisotopic (exact) mass is 331 g/mol. The summed E-state index contributed by atoms with van der Waals surface area (Å²) in [6.07, 6.45) is 0. The number of halogens is 7. The van der Waals surface area contributed by atoms with E-state index in [4.69, 9.17) is 0 Å². The van der Waals surface area contributed by atoms with Gasteiger partial charge in [0.05, 0.1) is 0 Å². The van der Waals surface area contributed by atoms with Gasteiger partial charge in [-0.15, -0.1) is 0 Å². The van der Waals surface area contributed by atoms with E-state index in [2.05, 4.69) is 50.6 Å². The minimum absolute atomic E-state index is 0. The molecule has 21 heavy (non-hydrogen) atoms. The van der Waals surface area contributed by atoms with Crippen LogP contribution < -0.4 is 83.6 Å². The van der Waals surface area contributed by atoms with Crippen LogP contribution in [-0.2, 0) is 0 Å². The summed E-state index contributed by atoms with van der Waals surface area (Å²) in [5.74, 6) is -0.250. The third-order valence-corrected chi connectivity index (χ3v) is 0. The van der Waals surface area contributed by atoms with Crippen molar-refractivity contribution in [1.29, 1.82) is 0 Å². The van der Waals surface area contributed by atoms with Gasteiger partial charge >= 0.3 is 38.1 Å². The molecular weight excluding hydrogens is 313 g/mol. The van der Waals surface area contributed by atoms with Crippen LogP contribution in [0.5, 0.6) is 0 Å². The van der Waals surface area contributed by atoms with Crippen LogP contribution in [0.4, 0.5) is 0 Å². The van der Waals surface area contributed by atoms with Crippen LogP contribution in [0.15, 0.2) is 0 Å². The number of rotatable bonds is 0. The molecule has 0 saturated heterocycles. The zero-order valence-corrected chi connectivity index (χ0v) is 10.8. The predicted octanol–water partition coefficient (Wildman–Crippen LogP) is -30.7. The molecule has 0 aliphatic heterocycles. The smallest absolute Gasteiger partial charge is 1.00 e. The average molecular weight is 331 g/mol. The van der Waals surface area contributed by atoms with Crippen molar-refractivity contribution >= 4 is 38.1 Å². The molecule has 0 aliphatic carbocycles. The molecule has 0 bridgehead atoms. The maximum Gasteiger partial charge on any atom is 2.00 e. The van der Waals surface area contributed by atoms with E-state index in [1.165, 1.54) is 0 Å². The standard InChI is InChI=1S/3CH5N3.2Be.7FH/c3*2-1(3)4;;;;;;;;;/h3*(H5,2,3,4);;;7*1H/q;;;2*+2;;;;;;;/p-4. The SMILES string of the molecule is NC(N)=[NH2+].NC(N)=[NH2+].NC(N)=[NH2+].[Be+2].[Be+2].[F-].[F-].[F-].[F-].[F-].[F-].[F-]. The van der Waals surface area contributed by atoms with E-state index in [0.29, 0.717) is 0 Å². The quantitative estimate of drug-likeness (QED) is 0.0903. The van der Waals surface area contributed by atoms with Crippen LogP contribution in [0.2, 0.25) is 0 Å². The molecule has 0 aromatic rings. The first-order valence-electron chi connectivity index (χ1n) is 2.60. The van der Waals surface area contributed by atoms with Crippen molar-refractivity contribution in [2.45, 2.75) is 0 Å². The summed E-state index contributed by atoms with van der Waals surface area (Å²) in [6, 6.07) is 0. The van der Waals surface area contributed by atoms with Gasteiger partial charge in [0.25, 0.3) is 0 Å². The third kappa shape index (κ3) is 789. The zero-order chi connectivity index (χ0) is 10.7. The van der Waals surface area contributed by atoms with Crippen LogP contribution in [0.25, 0.3) is 0 Å². The van der Waals surface area contributed by atoms with Crippen molar-refractivity contribution in [3.63, 3.8) is 0 Å². The molecular formula is C3H18Be2F7N9. The van der Waals surface area contributed by atoms with Gasteiger partial charge in [-0.25, -0.2) is 0 Å². The van der Waals surface area contributed by atoms with Crippen molar-refractivity contribution in [3.05, 3.63) is 0 Å². The largest absolute Gasteiger partial charge is 2.00 e. The molecule has 0 amide bonds. The first-order chi connectivity index (χ1) is 5.20. The van der Waals surface area contributed by atoms with Crippen LogP contribution in [0, 0.1) is 0 Å².